The van der Waals surface area contributed by atoms with Crippen LogP contribution in [0.25, 0.3) is 0 Å². The Balaban J connectivity index is 1.53. The summed E-state index contributed by atoms with van der Waals surface area (Å²) in [6.45, 7) is 1.48. The minimum atomic E-state index is 0.119. The highest BCUT2D eigenvalue weighted by Gasteiger charge is 2.55. The quantitative estimate of drug-likeness (QED) is 0.753. The summed E-state index contributed by atoms with van der Waals surface area (Å²) in [5.41, 5.74) is 0.660. The predicted octanol–water partition coefficient (Wildman–Crippen LogP) is 2.78. The van der Waals surface area contributed by atoms with E-state index >= 15 is 0 Å². The van der Waals surface area contributed by atoms with Crippen molar-refractivity contribution in [1.29, 1.82) is 0 Å². The van der Waals surface area contributed by atoms with E-state index in [4.69, 9.17) is 4.74 Å². The molecule has 0 spiro atoms. The lowest BCUT2D eigenvalue weighted by atomic mass is 9.78. The molecule has 3 aliphatic rings. The van der Waals surface area contributed by atoms with Crippen molar-refractivity contribution < 1.29 is 9.53 Å². The Labute approximate surface area is 143 Å². The van der Waals surface area contributed by atoms with Crippen molar-refractivity contribution in [3.8, 4) is 0 Å². The van der Waals surface area contributed by atoms with E-state index in [1.165, 1.54) is 32.1 Å². The molecular weight excluding hydrogens is 302 g/mol. The summed E-state index contributed by atoms with van der Waals surface area (Å²) in [6.07, 6.45) is 10.8. The molecule has 5 heteroatoms. The average molecular weight is 329 g/mol. The van der Waals surface area contributed by atoms with E-state index in [0.29, 0.717) is 24.1 Å². The van der Waals surface area contributed by atoms with Gasteiger partial charge in [-0.15, -0.1) is 0 Å². The molecule has 1 aromatic rings. The number of amides is 1. The molecule has 3 fully saturated rings. The molecule has 24 heavy (non-hydrogen) atoms. The van der Waals surface area contributed by atoms with Gasteiger partial charge in [-0.25, -0.2) is 0 Å². The fourth-order valence-electron chi connectivity index (χ4n) is 5.77. The Hall–Kier alpha value is -1.49. The maximum Gasteiger partial charge on any atom is 0.255 e. The molecule has 5 atom stereocenters. The maximum absolute atomic E-state index is 13.1. The van der Waals surface area contributed by atoms with Crippen LogP contribution in [0, 0.1) is 23.7 Å². The SMILES string of the molecule is COCCCN(C(=O)c1ccnnc1)C1CC2CC1C1CCCC21. The van der Waals surface area contributed by atoms with E-state index in [-0.39, 0.29) is 5.91 Å². The molecule has 0 radical (unpaired) electrons. The van der Waals surface area contributed by atoms with Crippen molar-refractivity contribution in [3.05, 3.63) is 24.0 Å². The Morgan fingerprint density at radius 3 is 2.92 bits per heavy atom. The monoisotopic (exact) mass is 329 g/mol. The third kappa shape index (κ3) is 2.73. The molecule has 4 rings (SSSR count). The number of ether oxygens (including phenoxy) is 1. The van der Waals surface area contributed by atoms with Crippen LogP contribution in [-0.4, -0.2) is 47.3 Å². The number of rotatable bonds is 6. The number of carbonyl (C=O) groups is 1. The first-order valence-electron chi connectivity index (χ1n) is 9.36. The predicted molar refractivity (Wildman–Crippen MR) is 90.4 cm³/mol. The highest BCUT2D eigenvalue weighted by molar-refractivity contribution is 5.94. The molecule has 0 aliphatic heterocycles. The van der Waals surface area contributed by atoms with Gasteiger partial charge < -0.3 is 9.64 Å². The van der Waals surface area contributed by atoms with Crippen molar-refractivity contribution in [3.63, 3.8) is 0 Å². The maximum atomic E-state index is 13.1. The van der Waals surface area contributed by atoms with Crippen molar-refractivity contribution in [2.75, 3.05) is 20.3 Å². The third-order valence-electron chi connectivity index (χ3n) is 6.63. The van der Waals surface area contributed by atoms with E-state index in [9.17, 15) is 4.79 Å². The van der Waals surface area contributed by atoms with Gasteiger partial charge in [-0.05, 0) is 61.8 Å². The highest BCUT2D eigenvalue weighted by atomic mass is 16.5. The van der Waals surface area contributed by atoms with Crippen LogP contribution in [0.15, 0.2) is 18.5 Å². The van der Waals surface area contributed by atoms with Gasteiger partial charge in [-0.2, -0.15) is 10.2 Å². The molecule has 0 saturated heterocycles. The first-order valence-corrected chi connectivity index (χ1v) is 9.36. The van der Waals surface area contributed by atoms with E-state index in [1.807, 2.05) is 0 Å². The van der Waals surface area contributed by atoms with Gasteiger partial charge in [-0.1, -0.05) is 6.42 Å². The van der Waals surface area contributed by atoms with Crippen molar-refractivity contribution in [2.24, 2.45) is 23.7 Å². The lowest BCUT2D eigenvalue weighted by Gasteiger charge is -2.39. The molecule has 3 saturated carbocycles. The number of fused-ring (bicyclic) bond motifs is 5. The fraction of sp³-hybridized carbons (Fsp3) is 0.737. The Morgan fingerprint density at radius 2 is 2.12 bits per heavy atom. The summed E-state index contributed by atoms with van der Waals surface area (Å²) in [6, 6.07) is 2.19. The van der Waals surface area contributed by atoms with Gasteiger partial charge in [0.15, 0.2) is 0 Å². The number of hydrogen-bond acceptors (Lipinski definition) is 4. The second kappa shape index (κ2) is 6.79. The summed E-state index contributed by atoms with van der Waals surface area (Å²) in [7, 11) is 1.72. The lowest BCUT2D eigenvalue weighted by molar-refractivity contribution is 0.0493. The van der Waals surface area contributed by atoms with Gasteiger partial charge >= 0.3 is 0 Å². The average Bonchev–Trinajstić information content (AvgIpc) is 3.31. The van der Waals surface area contributed by atoms with Gasteiger partial charge in [-0.3, -0.25) is 4.79 Å². The molecule has 5 nitrogen and oxygen atoms in total. The molecule has 1 aromatic heterocycles. The molecule has 3 aliphatic carbocycles. The van der Waals surface area contributed by atoms with E-state index in [1.54, 1.807) is 25.6 Å². The van der Waals surface area contributed by atoms with Crippen molar-refractivity contribution in [2.45, 2.75) is 44.6 Å². The summed E-state index contributed by atoms with van der Waals surface area (Å²) >= 11 is 0. The lowest BCUT2D eigenvalue weighted by Crippen LogP contribution is -2.47. The van der Waals surface area contributed by atoms with Gasteiger partial charge in [0.2, 0.25) is 0 Å². The van der Waals surface area contributed by atoms with Gasteiger partial charge in [0.1, 0.15) is 0 Å². The molecular formula is C19H27N3O2. The minimum Gasteiger partial charge on any atom is -0.385 e. The van der Waals surface area contributed by atoms with Crippen molar-refractivity contribution in [1.82, 2.24) is 15.1 Å². The number of nitrogens with zero attached hydrogens (tertiary/aromatic N) is 3. The number of methoxy groups -OCH3 is 1. The van der Waals surface area contributed by atoms with Gasteiger partial charge in [0, 0.05) is 26.3 Å². The van der Waals surface area contributed by atoms with Crippen LogP contribution in [0.1, 0.15) is 48.9 Å². The van der Waals surface area contributed by atoms with Crippen LogP contribution < -0.4 is 0 Å². The first kappa shape index (κ1) is 16.0. The normalized spacial score (nSPS) is 33.6. The molecule has 5 unspecified atom stereocenters. The third-order valence-corrected chi connectivity index (χ3v) is 6.63. The zero-order valence-corrected chi connectivity index (χ0v) is 14.4. The Morgan fingerprint density at radius 1 is 1.25 bits per heavy atom. The molecule has 0 N–H and O–H groups in total. The topological polar surface area (TPSA) is 55.3 Å². The number of hydrogen-bond donors (Lipinski definition) is 0. The number of carbonyl (C=O) groups excluding carboxylic acids is 1. The fourth-order valence-corrected chi connectivity index (χ4v) is 5.77. The largest absolute Gasteiger partial charge is 0.385 e. The molecule has 2 bridgehead atoms. The van der Waals surface area contributed by atoms with E-state index in [2.05, 4.69) is 15.1 Å². The summed E-state index contributed by atoms with van der Waals surface area (Å²) in [5.74, 6) is 3.49. The summed E-state index contributed by atoms with van der Waals surface area (Å²) in [4.78, 5) is 15.2. The molecule has 130 valence electrons. The minimum absolute atomic E-state index is 0.119. The summed E-state index contributed by atoms with van der Waals surface area (Å²) < 4.78 is 5.21. The standard InChI is InChI=1S/C19H27N3O2/c1-24-9-3-8-22(19(23)13-6-7-20-21-12-13)18-11-14-10-17(18)16-5-2-4-15(14)16/h6-7,12,14-18H,2-5,8-11H2,1H3. The number of aromatic nitrogens is 2. The highest BCUT2D eigenvalue weighted by Crippen LogP contribution is 2.59. The van der Waals surface area contributed by atoms with Crippen LogP contribution in [0.2, 0.25) is 0 Å². The van der Waals surface area contributed by atoms with Gasteiger partial charge in [0.25, 0.3) is 5.91 Å². The molecule has 1 amide bonds. The first-order chi connectivity index (χ1) is 11.8. The Bertz CT molecular complexity index is 579. The Kier molecular flexibility index (Phi) is 4.53. The van der Waals surface area contributed by atoms with Crippen LogP contribution in [-0.2, 0) is 4.74 Å². The van der Waals surface area contributed by atoms with Crippen molar-refractivity contribution >= 4 is 5.91 Å². The van der Waals surface area contributed by atoms with Crippen LogP contribution in [0.3, 0.4) is 0 Å². The second-order valence-corrected chi connectivity index (χ2v) is 7.70. The zero-order chi connectivity index (χ0) is 16.5. The van der Waals surface area contributed by atoms with Crippen LogP contribution in [0.5, 0.6) is 0 Å². The second-order valence-electron chi connectivity index (χ2n) is 7.70. The van der Waals surface area contributed by atoms with Gasteiger partial charge in [0.05, 0.1) is 18.0 Å². The molecule has 0 aromatic carbocycles. The van der Waals surface area contributed by atoms with E-state index in [0.717, 1.165) is 30.7 Å². The smallest absolute Gasteiger partial charge is 0.255 e. The van der Waals surface area contributed by atoms with Crippen LogP contribution in [0.4, 0.5) is 0 Å². The molecule has 1 heterocycles. The van der Waals surface area contributed by atoms with E-state index < -0.39 is 0 Å². The van der Waals surface area contributed by atoms with Crippen LogP contribution >= 0.6 is 0 Å². The zero-order valence-electron chi connectivity index (χ0n) is 14.4. The summed E-state index contributed by atoms with van der Waals surface area (Å²) in [5, 5.41) is 7.69.